The minimum atomic E-state index is -0.201. The molecule has 1 fully saturated rings. The molecule has 1 aromatic heterocycles. The van der Waals surface area contributed by atoms with Crippen LogP contribution in [0.4, 0.5) is 0 Å². The minimum absolute atomic E-state index is 0.00626. The Bertz CT molecular complexity index is 958. The van der Waals surface area contributed by atoms with E-state index in [0.717, 1.165) is 12.1 Å². The van der Waals surface area contributed by atoms with E-state index in [1.807, 2.05) is 65.8 Å². The predicted octanol–water partition coefficient (Wildman–Crippen LogP) is 1.88. The van der Waals surface area contributed by atoms with E-state index in [1.54, 1.807) is 0 Å². The molecule has 0 aliphatic carbocycles. The van der Waals surface area contributed by atoms with E-state index in [2.05, 4.69) is 10.2 Å². The van der Waals surface area contributed by atoms with E-state index in [4.69, 9.17) is 0 Å². The van der Waals surface area contributed by atoms with E-state index in [0.29, 0.717) is 50.5 Å². The normalized spacial score (nSPS) is 18.8. The highest BCUT2D eigenvalue weighted by molar-refractivity contribution is 6.08. The van der Waals surface area contributed by atoms with Crippen molar-refractivity contribution < 1.29 is 14.4 Å². The van der Waals surface area contributed by atoms with Gasteiger partial charge < -0.3 is 14.8 Å². The van der Waals surface area contributed by atoms with Crippen LogP contribution in [0, 0.1) is 0 Å². The van der Waals surface area contributed by atoms with E-state index in [1.165, 1.54) is 0 Å². The van der Waals surface area contributed by atoms with Crippen LogP contribution in [0.1, 0.15) is 47.9 Å². The van der Waals surface area contributed by atoms with Gasteiger partial charge >= 0.3 is 0 Å². The van der Waals surface area contributed by atoms with Gasteiger partial charge in [-0.25, -0.2) is 0 Å². The summed E-state index contributed by atoms with van der Waals surface area (Å²) in [5.74, 6) is -0.0535. The summed E-state index contributed by atoms with van der Waals surface area (Å²) in [6, 6.07) is 13.2. The van der Waals surface area contributed by atoms with Crippen LogP contribution >= 0.6 is 0 Å². The molecule has 2 amide bonds. The molecule has 0 bridgehead atoms. The van der Waals surface area contributed by atoms with Crippen LogP contribution in [0.25, 0.3) is 0 Å². The maximum Gasteiger partial charge on any atom is 0.234 e. The second-order valence-corrected chi connectivity index (χ2v) is 8.66. The number of piperazine rings is 1. The Balaban J connectivity index is 1.37. The van der Waals surface area contributed by atoms with E-state index in [9.17, 15) is 14.4 Å². The summed E-state index contributed by atoms with van der Waals surface area (Å²) in [5.41, 5.74) is 2.25. The largest absolute Gasteiger partial charge is 0.353 e. The van der Waals surface area contributed by atoms with Crippen LogP contribution in [-0.2, 0) is 16.1 Å². The van der Waals surface area contributed by atoms with Crippen molar-refractivity contribution in [3.63, 3.8) is 0 Å². The highest BCUT2D eigenvalue weighted by Crippen LogP contribution is 2.33. The number of nitrogens with one attached hydrogen (secondary N) is 1. The van der Waals surface area contributed by atoms with Crippen LogP contribution in [0.5, 0.6) is 0 Å². The quantitative estimate of drug-likeness (QED) is 0.722. The second kappa shape index (κ2) is 9.06. The van der Waals surface area contributed by atoms with Gasteiger partial charge in [-0.15, -0.1) is 0 Å². The number of hydrogen-bond donors (Lipinski definition) is 1. The number of benzene rings is 1. The summed E-state index contributed by atoms with van der Waals surface area (Å²) in [4.78, 5) is 42.1. The number of aromatic nitrogens is 1. The Morgan fingerprint density at radius 1 is 0.968 bits per heavy atom. The summed E-state index contributed by atoms with van der Waals surface area (Å²) in [6.07, 6.45) is 0.723. The van der Waals surface area contributed by atoms with Crippen molar-refractivity contribution in [2.24, 2.45) is 0 Å². The summed E-state index contributed by atoms with van der Waals surface area (Å²) in [5, 5.41) is 2.91. The molecule has 1 atom stereocenters. The number of fused-ring (bicyclic) bond motifs is 1. The molecular weight excluding hydrogens is 392 g/mol. The highest BCUT2D eigenvalue weighted by Gasteiger charge is 2.35. The Morgan fingerprint density at radius 3 is 2.35 bits per heavy atom. The number of hydrogen-bond acceptors (Lipinski definition) is 4. The molecule has 7 heteroatoms. The molecule has 4 rings (SSSR count). The zero-order valence-electron chi connectivity index (χ0n) is 18.2. The van der Waals surface area contributed by atoms with Crippen molar-refractivity contribution in [3.8, 4) is 0 Å². The Kier molecular flexibility index (Phi) is 6.23. The molecule has 1 aromatic carbocycles. The van der Waals surface area contributed by atoms with Crippen LogP contribution in [-0.4, -0.2) is 70.7 Å². The van der Waals surface area contributed by atoms with Crippen LogP contribution in [0.2, 0.25) is 0 Å². The van der Waals surface area contributed by atoms with Crippen molar-refractivity contribution in [1.29, 1.82) is 0 Å². The van der Waals surface area contributed by atoms with Gasteiger partial charge in [-0.2, -0.15) is 0 Å². The van der Waals surface area contributed by atoms with Gasteiger partial charge in [-0.3, -0.25) is 19.3 Å². The summed E-state index contributed by atoms with van der Waals surface area (Å²) >= 11 is 0. The molecule has 0 saturated carbocycles. The number of nitrogens with zero attached hydrogens (tertiary/aromatic N) is 3. The molecule has 31 heavy (non-hydrogen) atoms. The third-order valence-corrected chi connectivity index (χ3v) is 6.08. The van der Waals surface area contributed by atoms with Crippen LogP contribution in [0.3, 0.4) is 0 Å². The molecule has 3 heterocycles. The lowest BCUT2D eigenvalue weighted by Gasteiger charge is -2.35. The SMILES string of the molecule is CC(C)NC(=O)CN1CCN(C(=O)C2CCn3c(C(=O)c4ccccc4)ccc32)CC1. The van der Waals surface area contributed by atoms with Gasteiger partial charge in [0, 0.05) is 50.0 Å². The standard InChI is InChI=1S/C24H30N4O3/c1-17(2)25-22(29)16-26-12-14-27(15-13-26)24(31)19-10-11-28-20(19)8-9-21(28)23(30)18-6-4-3-5-7-18/h3-9,17,19H,10-16H2,1-2H3,(H,25,29). The first-order valence-corrected chi connectivity index (χ1v) is 11.0. The molecule has 1 unspecified atom stereocenters. The van der Waals surface area contributed by atoms with Gasteiger partial charge in [-0.1, -0.05) is 30.3 Å². The third-order valence-electron chi connectivity index (χ3n) is 6.08. The summed E-state index contributed by atoms with van der Waals surface area (Å²) < 4.78 is 2.00. The molecule has 2 aromatic rings. The van der Waals surface area contributed by atoms with Crippen LogP contribution < -0.4 is 5.32 Å². The fourth-order valence-electron chi connectivity index (χ4n) is 4.55. The predicted molar refractivity (Wildman–Crippen MR) is 118 cm³/mol. The molecule has 1 saturated heterocycles. The maximum absolute atomic E-state index is 13.2. The molecule has 2 aliphatic rings. The van der Waals surface area contributed by atoms with Gasteiger partial charge in [0.05, 0.1) is 18.2 Å². The average molecular weight is 423 g/mol. The highest BCUT2D eigenvalue weighted by atomic mass is 16.2. The molecule has 0 radical (unpaired) electrons. The van der Waals surface area contributed by atoms with Gasteiger partial charge in [0.25, 0.3) is 0 Å². The Labute approximate surface area is 183 Å². The Morgan fingerprint density at radius 2 is 1.68 bits per heavy atom. The van der Waals surface area contributed by atoms with Crippen molar-refractivity contribution in [2.45, 2.75) is 38.8 Å². The van der Waals surface area contributed by atoms with Crippen molar-refractivity contribution in [1.82, 2.24) is 19.7 Å². The smallest absolute Gasteiger partial charge is 0.234 e. The first-order chi connectivity index (χ1) is 14.9. The average Bonchev–Trinajstić information content (AvgIpc) is 3.35. The second-order valence-electron chi connectivity index (χ2n) is 8.66. The topological polar surface area (TPSA) is 74.7 Å². The van der Waals surface area contributed by atoms with Gasteiger partial charge in [0.15, 0.2) is 0 Å². The van der Waals surface area contributed by atoms with Crippen LogP contribution in [0.15, 0.2) is 42.5 Å². The summed E-state index contributed by atoms with van der Waals surface area (Å²) in [7, 11) is 0. The number of carbonyl (C=O) groups is 3. The molecule has 164 valence electrons. The van der Waals surface area contributed by atoms with E-state index in [-0.39, 0.29) is 29.6 Å². The third kappa shape index (κ3) is 4.56. The number of rotatable bonds is 6. The van der Waals surface area contributed by atoms with Gasteiger partial charge in [0.2, 0.25) is 17.6 Å². The van der Waals surface area contributed by atoms with Gasteiger partial charge in [0.1, 0.15) is 0 Å². The van der Waals surface area contributed by atoms with Crippen molar-refractivity contribution in [3.05, 3.63) is 59.4 Å². The molecule has 7 nitrogen and oxygen atoms in total. The summed E-state index contributed by atoms with van der Waals surface area (Å²) in [6.45, 7) is 7.60. The first-order valence-electron chi connectivity index (χ1n) is 11.0. The van der Waals surface area contributed by atoms with E-state index < -0.39 is 0 Å². The molecular formula is C24H30N4O3. The molecule has 2 aliphatic heterocycles. The number of amides is 2. The fraction of sp³-hybridized carbons (Fsp3) is 0.458. The Hall–Kier alpha value is -2.93. The maximum atomic E-state index is 13.2. The first kappa shape index (κ1) is 21.3. The number of ketones is 1. The fourth-order valence-corrected chi connectivity index (χ4v) is 4.55. The van der Waals surface area contributed by atoms with E-state index >= 15 is 0 Å². The zero-order valence-corrected chi connectivity index (χ0v) is 18.2. The molecule has 1 N–H and O–H groups in total. The zero-order chi connectivity index (χ0) is 22.0. The van der Waals surface area contributed by atoms with Gasteiger partial charge in [-0.05, 0) is 32.4 Å². The lowest BCUT2D eigenvalue weighted by molar-refractivity contribution is -0.134. The lowest BCUT2D eigenvalue weighted by atomic mass is 10.0. The monoisotopic (exact) mass is 422 g/mol. The minimum Gasteiger partial charge on any atom is -0.353 e. The molecule has 0 spiro atoms. The van der Waals surface area contributed by atoms with Crippen molar-refractivity contribution >= 4 is 17.6 Å². The lowest BCUT2D eigenvalue weighted by Crippen LogP contribution is -2.52. The van der Waals surface area contributed by atoms with Crippen molar-refractivity contribution in [2.75, 3.05) is 32.7 Å². The number of carbonyl (C=O) groups excluding carboxylic acids is 3.